The molecule has 18 heavy (non-hydrogen) atoms. The Morgan fingerprint density at radius 1 is 0.889 bits per heavy atom. The fourth-order valence-corrected chi connectivity index (χ4v) is 1.91. The standard InChI is InChI=1S/C18H31/c1-3-5-7-9-11-13-15-17-18-16-14-12-10-8-6-4-2/h3,5,7,12H,1,4,6,8-11,13,15-18H2,2H3. The molecule has 0 aliphatic rings. The molecule has 0 aliphatic carbocycles. The molecule has 0 unspecified atom stereocenters. The molecule has 0 aromatic rings. The third-order valence-electron chi connectivity index (χ3n) is 3.06. The van der Waals surface area contributed by atoms with Gasteiger partial charge in [-0.1, -0.05) is 69.9 Å². The Labute approximate surface area is 115 Å². The molecular weight excluding hydrogens is 216 g/mol. The molecule has 103 valence electrons. The van der Waals surface area contributed by atoms with Crippen molar-refractivity contribution < 1.29 is 0 Å². The number of unbranched alkanes of at least 4 members (excludes halogenated alkanes) is 9. The highest BCUT2D eigenvalue weighted by Crippen LogP contribution is 2.08. The first-order valence-electron chi connectivity index (χ1n) is 7.74. The van der Waals surface area contributed by atoms with E-state index in [1.807, 2.05) is 12.2 Å². The first-order chi connectivity index (χ1) is 8.91. The van der Waals surface area contributed by atoms with Crippen molar-refractivity contribution in [3.8, 4) is 0 Å². The molecule has 0 heteroatoms. The lowest BCUT2D eigenvalue weighted by Crippen LogP contribution is -1.78. The Morgan fingerprint density at radius 3 is 2.39 bits per heavy atom. The van der Waals surface area contributed by atoms with Gasteiger partial charge in [0.2, 0.25) is 0 Å². The summed E-state index contributed by atoms with van der Waals surface area (Å²) in [5.74, 6) is 0. The largest absolute Gasteiger partial charge is 0.0991 e. The second kappa shape index (κ2) is 16.2. The Balaban J connectivity index is 3.06. The van der Waals surface area contributed by atoms with Crippen molar-refractivity contribution >= 4 is 0 Å². The smallest absolute Gasteiger partial charge is 0.0279 e. The molecule has 0 fully saturated rings. The topological polar surface area (TPSA) is 0 Å². The Morgan fingerprint density at radius 2 is 1.61 bits per heavy atom. The van der Waals surface area contributed by atoms with Crippen molar-refractivity contribution in [2.45, 2.75) is 77.6 Å². The fraction of sp³-hybridized carbons (Fsp3) is 0.667. The summed E-state index contributed by atoms with van der Waals surface area (Å²) in [7, 11) is 0. The van der Waals surface area contributed by atoms with Crippen molar-refractivity contribution in [1.82, 2.24) is 0 Å². The summed E-state index contributed by atoms with van der Waals surface area (Å²) >= 11 is 0. The normalized spacial score (nSPS) is 11.6. The maximum Gasteiger partial charge on any atom is -0.0279 e. The van der Waals surface area contributed by atoms with Crippen LogP contribution in [-0.4, -0.2) is 0 Å². The third kappa shape index (κ3) is 15.2. The van der Waals surface area contributed by atoms with Crippen LogP contribution in [0.1, 0.15) is 77.6 Å². The van der Waals surface area contributed by atoms with Crippen molar-refractivity contribution in [3.05, 3.63) is 37.0 Å². The van der Waals surface area contributed by atoms with E-state index < -0.39 is 0 Å². The van der Waals surface area contributed by atoms with Gasteiger partial charge in [0.25, 0.3) is 0 Å². The minimum Gasteiger partial charge on any atom is -0.0991 e. The molecule has 0 aliphatic heterocycles. The summed E-state index contributed by atoms with van der Waals surface area (Å²) in [6.07, 6.45) is 26.1. The zero-order valence-corrected chi connectivity index (χ0v) is 12.3. The summed E-state index contributed by atoms with van der Waals surface area (Å²) in [5, 5.41) is 0. The van der Waals surface area contributed by atoms with Crippen LogP contribution in [0.25, 0.3) is 0 Å². The van der Waals surface area contributed by atoms with Crippen LogP contribution in [0.2, 0.25) is 0 Å². The van der Waals surface area contributed by atoms with Gasteiger partial charge in [0.15, 0.2) is 0 Å². The van der Waals surface area contributed by atoms with Gasteiger partial charge < -0.3 is 0 Å². The van der Waals surface area contributed by atoms with Crippen molar-refractivity contribution in [1.29, 1.82) is 0 Å². The fourth-order valence-electron chi connectivity index (χ4n) is 1.91. The van der Waals surface area contributed by atoms with Crippen molar-refractivity contribution in [3.63, 3.8) is 0 Å². The van der Waals surface area contributed by atoms with E-state index in [9.17, 15) is 0 Å². The molecular formula is C18H31. The van der Waals surface area contributed by atoms with Crippen LogP contribution in [0.3, 0.4) is 0 Å². The Kier molecular flexibility index (Phi) is 15.5. The Hall–Kier alpha value is -0.780. The highest BCUT2D eigenvalue weighted by atomic mass is 13.9. The monoisotopic (exact) mass is 247 g/mol. The zero-order chi connectivity index (χ0) is 13.3. The van der Waals surface area contributed by atoms with Gasteiger partial charge in [0, 0.05) is 0 Å². The molecule has 0 N–H and O–H groups in total. The van der Waals surface area contributed by atoms with E-state index in [-0.39, 0.29) is 0 Å². The van der Waals surface area contributed by atoms with E-state index >= 15 is 0 Å². The van der Waals surface area contributed by atoms with Gasteiger partial charge in [-0.15, -0.1) is 0 Å². The molecule has 0 atom stereocenters. The first kappa shape index (κ1) is 17.2. The molecule has 0 aromatic heterocycles. The van der Waals surface area contributed by atoms with Crippen LogP contribution in [0.15, 0.2) is 30.9 Å². The lowest BCUT2D eigenvalue weighted by atomic mass is 10.1. The number of hydrogen-bond donors (Lipinski definition) is 0. The molecule has 0 heterocycles. The van der Waals surface area contributed by atoms with E-state index in [1.54, 1.807) is 0 Å². The molecule has 0 bridgehead atoms. The van der Waals surface area contributed by atoms with Gasteiger partial charge in [-0.25, -0.2) is 0 Å². The summed E-state index contributed by atoms with van der Waals surface area (Å²) in [6.45, 7) is 5.91. The molecule has 1 radical (unpaired) electrons. The van der Waals surface area contributed by atoms with Gasteiger partial charge in [0.05, 0.1) is 0 Å². The minimum atomic E-state index is 1.16. The summed E-state index contributed by atoms with van der Waals surface area (Å²) < 4.78 is 0. The molecule has 0 rings (SSSR count). The van der Waals surface area contributed by atoms with Crippen LogP contribution in [0.5, 0.6) is 0 Å². The van der Waals surface area contributed by atoms with Gasteiger partial charge in [-0.2, -0.15) is 0 Å². The minimum absolute atomic E-state index is 1.16. The van der Waals surface area contributed by atoms with E-state index in [0.29, 0.717) is 0 Å². The lowest BCUT2D eigenvalue weighted by Gasteiger charge is -1.98. The Bertz CT molecular complexity index is 210. The third-order valence-corrected chi connectivity index (χ3v) is 3.06. The lowest BCUT2D eigenvalue weighted by molar-refractivity contribution is 0.618. The van der Waals surface area contributed by atoms with Gasteiger partial charge in [-0.05, 0) is 44.6 Å². The van der Waals surface area contributed by atoms with Gasteiger partial charge in [-0.3, -0.25) is 0 Å². The highest BCUT2D eigenvalue weighted by molar-refractivity contribution is 4.96. The predicted octanol–water partition coefficient (Wildman–Crippen LogP) is 6.40. The quantitative estimate of drug-likeness (QED) is 0.261. The maximum absolute atomic E-state index is 3.66. The average molecular weight is 247 g/mol. The summed E-state index contributed by atoms with van der Waals surface area (Å²) in [4.78, 5) is 0. The van der Waals surface area contributed by atoms with E-state index in [2.05, 4.69) is 31.7 Å². The number of rotatable bonds is 13. The van der Waals surface area contributed by atoms with Crippen molar-refractivity contribution in [2.24, 2.45) is 0 Å². The molecule has 0 nitrogen and oxygen atoms in total. The van der Waals surface area contributed by atoms with Gasteiger partial charge in [0.1, 0.15) is 0 Å². The van der Waals surface area contributed by atoms with Crippen LogP contribution < -0.4 is 0 Å². The zero-order valence-electron chi connectivity index (χ0n) is 12.3. The van der Waals surface area contributed by atoms with Crippen LogP contribution >= 0.6 is 0 Å². The van der Waals surface area contributed by atoms with E-state index in [0.717, 1.165) is 6.42 Å². The second-order valence-corrected chi connectivity index (χ2v) is 4.87. The second-order valence-electron chi connectivity index (χ2n) is 4.87. The maximum atomic E-state index is 3.66. The van der Waals surface area contributed by atoms with Crippen LogP contribution in [0, 0.1) is 6.08 Å². The first-order valence-corrected chi connectivity index (χ1v) is 7.74. The predicted molar refractivity (Wildman–Crippen MR) is 83.6 cm³/mol. The molecule has 0 spiro atoms. The summed E-state index contributed by atoms with van der Waals surface area (Å²) in [6, 6.07) is 0. The number of hydrogen-bond acceptors (Lipinski definition) is 0. The van der Waals surface area contributed by atoms with Crippen molar-refractivity contribution in [2.75, 3.05) is 0 Å². The molecule has 0 amide bonds. The molecule has 0 saturated carbocycles. The van der Waals surface area contributed by atoms with Crippen LogP contribution in [0.4, 0.5) is 0 Å². The van der Waals surface area contributed by atoms with E-state index in [1.165, 1.54) is 64.2 Å². The molecule has 0 aromatic carbocycles. The highest BCUT2D eigenvalue weighted by Gasteiger charge is 1.89. The SMILES string of the molecule is C=CC=CCCCCCCC/[C]=C/CCCCC. The summed E-state index contributed by atoms with van der Waals surface area (Å²) in [5.41, 5.74) is 0. The molecule has 0 saturated heterocycles. The number of allylic oxidation sites excluding steroid dienone is 5. The van der Waals surface area contributed by atoms with E-state index in [4.69, 9.17) is 0 Å². The van der Waals surface area contributed by atoms with Gasteiger partial charge >= 0.3 is 0 Å². The average Bonchev–Trinajstić information content (AvgIpc) is 2.39. The van der Waals surface area contributed by atoms with Crippen LogP contribution in [-0.2, 0) is 0 Å².